The summed E-state index contributed by atoms with van der Waals surface area (Å²) in [6.45, 7) is 0. The molecule has 0 unspecified atom stereocenters. The molecule has 0 radical (unpaired) electrons. The molecule has 0 bridgehead atoms. The molecule has 2 aliphatic rings. The molecule has 0 amide bonds. The van der Waals surface area contributed by atoms with Crippen LogP contribution in [0.15, 0.2) is 44.4 Å². The van der Waals surface area contributed by atoms with E-state index in [1.807, 2.05) is 18.2 Å². The molecular weight excluding hydrogens is 406 g/mol. The van der Waals surface area contributed by atoms with Crippen LogP contribution in [0.4, 0.5) is 0 Å². The molecule has 2 aromatic heterocycles. The van der Waals surface area contributed by atoms with Crippen LogP contribution in [-0.4, -0.2) is 18.6 Å². The van der Waals surface area contributed by atoms with Crippen molar-refractivity contribution in [3.05, 3.63) is 52.7 Å². The first-order valence-corrected chi connectivity index (χ1v) is 12.5. The van der Waals surface area contributed by atoms with Crippen LogP contribution in [0, 0.1) is 0 Å². The molecule has 5 rings (SSSR count). The Labute approximate surface area is 174 Å². The molecule has 6 nitrogen and oxygen atoms in total. The Kier molecular flexibility index (Phi) is 5.01. The van der Waals surface area contributed by atoms with Crippen LogP contribution in [0.3, 0.4) is 0 Å². The molecule has 0 saturated heterocycles. The number of aromatic nitrogens is 2. The lowest BCUT2D eigenvalue weighted by Gasteiger charge is -2.25. The molecule has 1 saturated carbocycles. The number of thiophene rings is 1. The van der Waals surface area contributed by atoms with Gasteiger partial charge in [0.05, 0.1) is 0 Å². The van der Waals surface area contributed by atoms with E-state index < -0.39 is 10.0 Å². The first-order chi connectivity index (χ1) is 14.1. The van der Waals surface area contributed by atoms with Crippen LogP contribution in [0.1, 0.15) is 67.5 Å². The van der Waals surface area contributed by atoms with E-state index in [1.165, 1.54) is 29.7 Å². The van der Waals surface area contributed by atoms with Crippen molar-refractivity contribution in [3.63, 3.8) is 0 Å². The van der Waals surface area contributed by atoms with Crippen LogP contribution < -0.4 is 4.72 Å². The maximum absolute atomic E-state index is 13.0. The lowest BCUT2D eigenvalue weighted by Crippen LogP contribution is -2.30. The number of hydrogen-bond acceptors (Lipinski definition) is 6. The molecule has 1 fully saturated rings. The zero-order valence-electron chi connectivity index (χ0n) is 16.0. The fourth-order valence-corrected chi connectivity index (χ4v) is 6.81. The summed E-state index contributed by atoms with van der Waals surface area (Å²) in [4.78, 5) is 4.52. The van der Waals surface area contributed by atoms with Gasteiger partial charge < -0.3 is 4.52 Å². The monoisotopic (exact) mass is 429 g/mol. The molecular formula is C21H23N3O3S2. The number of rotatable bonds is 5. The third kappa shape index (κ3) is 3.76. The number of aryl methyl sites for hydroxylation is 1. The van der Waals surface area contributed by atoms with Crippen LogP contribution >= 0.6 is 11.3 Å². The molecule has 0 spiro atoms. The first-order valence-electron chi connectivity index (χ1n) is 10.1. The van der Waals surface area contributed by atoms with E-state index in [2.05, 4.69) is 20.9 Å². The minimum atomic E-state index is -3.62. The highest BCUT2D eigenvalue weighted by atomic mass is 32.2. The van der Waals surface area contributed by atoms with E-state index in [-0.39, 0.29) is 10.3 Å². The highest BCUT2D eigenvalue weighted by Gasteiger charge is 2.28. The summed E-state index contributed by atoms with van der Waals surface area (Å²) < 4.78 is 34.6. The number of nitrogens with zero attached hydrogens (tertiary/aromatic N) is 2. The van der Waals surface area contributed by atoms with Gasteiger partial charge in [-0.3, -0.25) is 0 Å². The summed E-state index contributed by atoms with van der Waals surface area (Å²) in [5.74, 6) is 1.48. The first kappa shape index (κ1) is 19.0. The van der Waals surface area contributed by atoms with Crippen molar-refractivity contribution in [2.45, 2.75) is 61.1 Å². The summed E-state index contributed by atoms with van der Waals surface area (Å²) in [5, 5.41) is 5.86. The normalized spacial score (nSPS) is 20.1. The SMILES string of the molecule is O=S(=O)(N[C@@H]1CCCc2ccccc21)c1cc(-c2noc(C3CCCC3)n2)cs1. The quantitative estimate of drug-likeness (QED) is 0.629. The van der Waals surface area contributed by atoms with Gasteiger partial charge in [-0.25, -0.2) is 13.1 Å². The molecule has 2 aliphatic carbocycles. The van der Waals surface area contributed by atoms with Crippen LogP contribution in [0.5, 0.6) is 0 Å². The molecule has 8 heteroatoms. The van der Waals surface area contributed by atoms with E-state index in [0.29, 0.717) is 23.2 Å². The average molecular weight is 430 g/mol. The average Bonchev–Trinajstić information content (AvgIpc) is 3.48. The Hall–Kier alpha value is -2.03. The number of sulfonamides is 1. The number of hydrogen-bond donors (Lipinski definition) is 1. The Morgan fingerprint density at radius 1 is 1.10 bits per heavy atom. The lowest BCUT2D eigenvalue weighted by molar-refractivity contribution is 0.354. The largest absolute Gasteiger partial charge is 0.339 e. The van der Waals surface area contributed by atoms with E-state index >= 15 is 0 Å². The highest BCUT2D eigenvalue weighted by Crippen LogP contribution is 2.35. The number of nitrogens with one attached hydrogen (secondary N) is 1. The summed E-state index contributed by atoms with van der Waals surface area (Å²) in [6, 6.07) is 9.53. The Balaban J connectivity index is 1.36. The topological polar surface area (TPSA) is 85.1 Å². The van der Waals surface area contributed by atoms with Crippen molar-refractivity contribution in [3.8, 4) is 11.4 Å². The van der Waals surface area contributed by atoms with Gasteiger partial charge in [0.2, 0.25) is 11.7 Å². The molecule has 29 heavy (non-hydrogen) atoms. The van der Waals surface area contributed by atoms with Crippen LogP contribution in [-0.2, 0) is 16.4 Å². The highest BCUT2D eigenvalue weighted by molar-refractivity contribution is 7.91. The minimum absolute atomic E-state index is 0.186. The van der Waals surface area contributed by atoms with Gasteiger partial charge in [0, 0.05) is 22.9 Å². The van der Waals surface area contributed by atoms with E-state index in [4.69, 9.17) is 4.52 Å². The van der Waals surface area contributed by atoms with Crippen molar-refractivity contribution in [2.75, 3.05) is 0 Å². The smallest absolute Gasteiger partial charge is 0.250 e. The molecule has 152 valence electrons. The Bertz CT molecular complexity index is 1110. The van der Waals surface area contributed by atoms with Gasteiger partial charge in [0.1, 0.15) is 4.21 Å². The summed E-state index contributed by atoms with van der Waals surface area (Å²) >= 11 is 1.19. The summed E-state index contributed by atoms with van der Waals surface area (Å²) in [5.41, 5.74) is 3.00. The van der Waals surface area contributed by atoms with Crippen LogP contribution in [0.2, 0.25) is 0 Å². The predicted octanol–water partition coefficient (Wildman–Crippen LogP) is 4.81. The van der Waals surface area contributed by atoms with Crippen molar-refractivity contribution >= 4 is 21.4 Å². The predicted molar refractivity (Wildman–Crippen MR) is 111 cm³/mol. The summed E-state index contributed by atoms with van der Waals surface area (Å²) in [6.07, 6.45) is 7.34. The summed E-state index contributed by atoms with van der Waals surface area (Å²) in [7, 11) is -3.62. The fraction of sp³-hybridized carbons (Fsp3) is 0.429. The molecule has 3 aromatic rings. The molecule has 2 heterocycles. The van der Waals surface area contributed by atoms with Gasteiger partial charge >= 0.3 is 0 Å². The molecule has 0 aliphatic heterocycles. The van der Waals surface area contributed by atoms with Gasteiger partial charge in [-0.15, -0.1) is 11.3 Å². The minimum Gasteiger partial charge on any atom is -0.339 e. The van der Waals surface area contributed by atoms with Crippen molar-refractivity contribution in [1.82, 2.24) is 14.9 Å². The van der Waals surface area contributed by atoms with E-state index in [9.17, 15) is 8.42 Å². The van der Waals surface area contributed by atoms with Gasteiger partial charge in [-0.05, 0) is 49.3 Å². The molecule has 1 atom stereocenters. The van der Waals surface area contributed by atoms with Crippen molar-refractivity contribution < 1.29 is 12.9 Å². The van der Waals surface area contributed by atoms with Crippen molar-refractivity contribution in [2.24, 2.45) is 0 Å². The number of benzene rings is 1. The maximum atomic E-state index is 13.0. The Morgan fingerprint density at radius 3 is 2.79 bits per heavy atom. The standard InChI is InChI=1S/C21H23N3O3S2/c25-29(26,24-18-11-5-9-14-6-3-4-10-17(14)18)19-12-16(13-28-19)20-22-21(27-23-20)15-7-1-2-8-15/h3-4,6,10,12-13,15,18,24H,1-2,5,7-9,11H2/t18-/m1/s1. The van der Waals surface area contributed by atoms with Crippen molar-refractivity contribution in [1.29, 1.82) is 0 Å². The lowest BCUT2D eigenvalue weighted by atomic mass is 9.88. The Morgan fingerprint density at radius 2 is 1.93 bits per heavy atom. The third-order valence-electron chi connectivity index (χ3n) is 5.91. The van der Waals surface area contributed by atoms with E-state index in [0.717, 1.165) is 37.7 Å². The molecule has 1 aromatic carbocycles. The number of fused-ring (bicyclic) bond motifs is 1. The zero-order valence-corrected chi connectivity index (χ0v) is 17.6. The molecule has 1 N–H and O–H groups in total. The maximum Gasteiger partial charge on any atom is 0.250 e. The fourth-order valence-electron chi connectivity index (χ4n) is 4.39. The van der Waals surface area contributed by atoms with E-state index in [1.54, 1.807) is 11.4 Å². The van der Waals surface area contributed by atoms with Gasteiger partial charge in [0.15, 0.2) is 0 Å². The third-order valence-corrected chi connectivity index (χ3v) is 8.82. The van der Waals surface area contributed by atoms with Gasteiger partial charge in [-0.2, -0.15) is 4.98 Å². The van der Waals surface area contributed by atoms with Gasteiger partial charge in [-0.1, -0.05) is 42.3 Å². The second-order valence-corrected chi connectivity index (χ2v) is 10.7. The second kappa shape index (κ2) is 7.66. The van der Waals surface area contributed by atoms with Crippen LogP contribution in [0.25, 0.3) is 11.4 Å². The van der Waals surface area contributed by atoms with Gasteiger partial charge in [0.25, 0.3) is 10.0 Å². The zero-order chi connectivity index (χ0) is 19.8. The second-order valence-electron chi connectivity index (χ2n) is 7.86.